The van der Waals surface area contributed by atoms with Crippen molar-refractivity contribution in [3.63, 3.8) is 0 Å². The predicted octanol–water partition coefficient (Wildman–Crippen LogP) is 4.52. The minimum absolute atomic E-state index is 0.673. The summed E-state index contributed by atoms with van der Waals surface area (Å²) in [4.78, 5) is 8.77. The van der Waals surface area contributed by atoms with Gasteiger partial charge in [-0.1, -0.05) is 33.1 Å². The summed E-state index contributed by atoms with van der Waals surface area (Å²) >= 11 is 0. The molecule has 0 spiro atoms. The van der Waals surface area contributed by atoms with Gasteiger partial charge in [-0.2, -0.15) is 0 Å². The van der Waals surface area contributed by atoms with Crippen molar-refractivity contribution in [1.29, 1.82) is 0 Å². The van der Waals surface area contributed by atoms with Gasteiger partial charge in [0.2, 0.25) is 0 Å². The molecule has 20 heavy (non-hydrogen) atoms. The maximum Gasteiger partial charge on any atom is 0.143 e. The van der Waals surface area contributed by atoms with Crippen LogP contribution in [0, 0.1) is 18.8 Å². The summed E-state index contributed by atoms with van der Waals surface area (Å²) in [5.41, 5.74) is 2.23. The first-order valence-corrected chi connectivity index (χ1v) is 8.11. The van der Waals surface area contributed by atoms with Gasteiger partial charge in [0.15, 0.2) is 0 Å². The predicted molar refractivity (Wildman–Crippen MR) is 82.7 cm³/mol. The highest BCUT2D eigenvalue weighted by molar-refractivity contribution is 5.78. The quantitative estimate of drug-likeness (QED) is 0.763. The Morgan fingerprint density at radius 1 is 1.10 bits per heavy atom. The Kier molecular flexibility index (Phi) is 3.77. The third-order valence-corrected chi connectivity index (χ3v) is 5.07. The van der Waals surface area contributed by atoms with Crippen LogP contribution in [0.3, 0.4) is 0 Å². The molecule has 2 aliphatic rings. The highest BCUT2D eigenvalue weighted by atomic mass is 15.1. The number of aromatic nitrogens is 3. The fraction of sp³-hybridized carbons (Fsp3) is 0.647. The topological polar surface area (TPSA) is 30.7 Å². The maximum absolute atomic E-state index is 4.49. The lowest BCUT2D eigenvalue weighted by Gasteiger charge is -2.14. The second-order valence-electron chi connectivity index (χ2n) is 6.00. The van der Waals surface area contributed by atoms with E-state index in [1.54, 1.807) is 6.33 Å². The van der Waals surface area contributed by atoms with E-state index in [9.17, 15) is 0 Å². The van der Waals surface area contributed by atoms with Crippen LogP contribution in [-0.4, -0.2) is 14.5 Å². The normalized spacial score (nSPS) is 28.2. The zero-order chi connectivity index (χ0) is 14.1. The molecule has 2 aliphatic carbocycles. The number of nitrogens with zero attached hydrogens (tertiary/aromatic N) is 3. The molecule has 0 amide bonds. The van der Waals surface area contributed by atoms with Gasteiger partial charge in [0, 0.05) is 17.6 Å². The second-order valence-corrected chi connectivity index (χ2v) is 6.00. The molecule has 0 radical (unpaired) electrons. The third-order valence-electron chi connectivity index (χ3n) is 5.07. The van der Waals surface area contributed by atoms with Crippen molar-refractivity contribution in [1.82, 2.24) is 14.5 Å². The van der Waals surface area contributed by atoms with E-state index in [4.69, 9.17) is 0 Å². The SMILES string of the molecule is CC.Cc1ncnc2c1ccn2C1CC2CCCC2C1. The average Bonchev–Trinajstić information content (AvgIpc) is 3.13. The van der Waals surface area contributed by atoms with Gasteiger partial charge < -0.3 is 4.57 Å². The first-order valence-electron chi connectivity index (χ1n) is 8.11. The largest absolute Gasteiger partial charge is 0.329 e. The highest BCUT2D eigenvalue weighted by Gasteiger charge is 2.38. The monoisotopic (exact) mass is 271 g/mol. The van der Waals surface area contributed by atoms with Gasteiger partial charge in [-0.15, -0.1) is 0 Å². The van der Waals surface area contributed by atoms with E-state index in [0.29, 0.717) is 6.04 Å². The Labute approximate surface area is 121 Å². The number of hydrogen-bond acceptors (Lipinski definition) is 2. The molecule has 2 heterocycles. The summed E-state index contributed by atoms with van der Waals surface area (Å²) in [6.07, 6.45) is 11.0. The first kappa shape index (κ1) is 13.6. The minimum Gasteiger partial charge on any atom is -0.329 e. The van der Waals surface area contributed by atoms with E-state index in [1.807, 2.05) is 13.8 Å². The van der Waals surface area contributed by atoms with Crippen LogP contribution in [0.25, 0.3) is 11.0 Å². The van der Waals surface area contributed by atoms with Crippen molar-refractivity contribution in [3.8, 4) is 0 Å². The maximum atomic E-state index is 4.49. The van der Waals surface area contributed by atoms with Gasteiger partial charge >= 0.3 is 0 Å². The van der Waals surface area contributed by atoms with Crippen LogP contribution in [0.1, 0.15) is 57.7 Å². The Morgan fingerprint density at radius 2 is 1.80 bits per heavy atom. The van der Waals surface area contributed by atoms with Crippen molar-refractivity contribution in [2.24, 2.45) is 11.8 Å². The van der Waals surface area contributed by atoms with Gasteiger partial charge in [0.1, 0.15) is 12.0 Å². The van der Waals surface area contributed by atoms with Gasteiger partial charge in [0.25, 0.3) is 0 Å². The van der Waals surface area contributed by atoms with Crippen molar-refractivity contribution in [2.75, 3.05) is 0 Å². The molecule has 0 N–H and O–H groups in total. The molecule has 3 nitrogen and oxygen atoms in total. The van der Waals surface area contributed by atoms with E-state index in [-0.39, 0.29) is 0 Å². The minimum atomic E-state index is 0.673. The molecular weight excluding hydrogens is 246 g/mol. The lowest BCUT2D eigenvalue weighted by Crippen LogP contribution is -2.06. The summed E-state index contributed by atoms with van der Waals surface area (Å²) in [6, 6.07) is 2.85. The van der Waals surface area contributed by atoms with Gasteiger partial charge in [-0.05, 0) is 37.7 Å². The van der Waals surface area contributed by atoms with Crippen molar-refractivity contribution >= 4 is 11.0 Å². The summed E-state index contributed by atoms with van der Waals surface area (Å²) in [5, 5.41) is 1.22. The zero-order valence-electron chi connectivity index (χ0n) is 12.8. The van der Waals surface area contributed by atoms with Crippen LogP contribution in [0.15, 0.2) is 18.6 Å². The standard InChI is InChI=1S/C15H19N3.C2H6/c1-10-14-5-6-18(15(14)17-9-16-10)13-7-11-3-2-4-12(11)8-13;1-2/h5-6,9,11-13H,2-4,7-8H2,1H3;1-2H3. The molecule has 2 saturated carbocycles. The molecule has 4 rings (SSSR count). The molecule has 2 atom stereocenters. The van der Waals surface area contributed by atoms with Gasteiger partial charge in [-0.25, -0.2) is 9.97 Å². The Morgan fingerprint density at radius 3 is 2.50 bits per heavy atom. The Bertz CT molecular complexity index is 575. The smallest absolute Gasteiger partial charge is 0.143 e. The van der Waals surface area contributed by atoms with Crippen LogP contribution in [-0.2, 0) is 0 Å². The van der Waals surface area contributed by atoms with Crippen molar-refractivity contribution < 1.29 is 0 Å². The van der Waals surface area contributed by atoms with E-state index >= 15 is 0 Å². The second kappa shape index (κ2) is 5.55. The number of fused-ring (bicyclic) bond motifs is 2. The number of hydrogen-bond donors (Lipinski definition) is 0. The summed E-state index contributed by atoms with van der Waals surface area (Å²) in [7, 11) is 0. The van der Waals surface area contributed by atoms with E-state index in [0.717, 1.165) is 23.2 Å². The van der Waals surface area contributed by atoms with Gasteiger partial charge in [0.05, 0.1) is 5.69 Å². The lowest BCUT2D eigenvalue weighted by molar-refractivity contribution is 0.457. The molecule has 0 saturated heterocycles. The van der Waals surface area contributed by atoms with Crippen LogP contribution < -0.4 is 0 Å². The molecule has 2 unspecified atom stereocenters. The van der Waals surface area contributed by atoms with Crippen molar-refractivity contribution in [2.45, 2.75) is 58.9 Å². The summed E-state index contributed by atoms with van der Waals surface area (Å²) < 4.78 is 2.41. The number of aryl methyl sites for hydroxylation is 1. The molecule has 2 aromatic heterocycles. The third kappa shape index (κ3) is 2.13. The average molecular weight is 271 g/mol. The fourth-order valence-corrected chi connectivity index (χ4v) is 4.15. The van der Waals surface area contributed by atoms with Crippen LogP contribution in [0.2, 0.25) is 0 Å². The zero-order valence-corrected chi connectivity index (χ0v) is 12.8. The van der Waals surface area contributed by atoms with Crippen molar-refractivity contribution in [3.05, 3.63) is 24.3 Å². The Balaban J connectivity index is 0.000000581. The number of rotatable bonds is 1. The molecule has 3 heteroatoms. The Hall–Kier alpha value is -1.38. The van der Waals surface area contributed by atoms with Crippen LogP contribution in [0.4, 0.5) is 0 Å². The fourth-order valence-electron chi connectivity index (χ4n) is 4.15. The molecule has 0 aliphatic heterocycles. The summed E-state index contributed by atoms with van der Waals surface area (Å²) in [6.45, 7) is 6.07. The highest BCUT2D eigenvalue weighted by Crippen LogP contribution is 2.49. The van der Waals surface area contributed by atoms with E-state index < -0.39 is 0 Å². The summed E-state index contributed by atoms with van der Waals surface area (Å²) in [5.74, 6) is 1.96. The molecule has 2 aromatic rings. The molecular formula is C17H25N3. The van der Waals surface area contributed by atoms with Crippen LogP contribution >= 0.6 is 0 Å². The molecule has 0 bridgehead atoms. The molecule has 108 valence electrons. The lowest BCUT2D eigenvalue weighted by atomic mass is 10.0. The molecule has 2 fully saturated rings. The van der Waals surface area contributed by atoms with E-state index in [2.05, 4.69) is 33.7 Å². The van der Waals surface area contributed by atoms with Gasteiger partial charge in [-0.3, -0.25) is 0 Å². The first-order chi connectivity index (χ1) is 9.83. The molecule has 0 aromatic carbocycles. The van der Waals surface area contributed by atoms with Crippen LogP contribution in [0.5, 0.6) is 0 Å². The van der Waals surface area contributed by atoms with E-state index in [1.165, 1.54) is 37.5 Å².